The summed E-state index contributed by atoms with van der Waals surface area (Å²) >= 11 is 0. The Labute approximate surface area is 82.7 Å². The third kappa shape index (κ3) is 3.24. The van der Waals surface area contributed by atoms with Gasteiger partial charge >= 0.3 is 5.97 Å². The summed E-state index contributed by atoms with van der Waals surface area (Å²) in [6.45, 7) is 0.340. The normalized spacial score (nSPS) is 27.6. The number of nitrogens with one attached hydrogen (secondary N) is 1. The van der Waals surface area contributed by atoms with E-state index in [1.165, 1.54) is 7.11 Å². The SMILES string of the molecule is COC(=O)[C@@H]1CC(OS(C)(=O)=O)CN1. The maximum Gasteiger partial charge on any atom is 0.322 e. The van der Waals surface area contributed by atoms with Crippen molar-refractivity contribution >= 4 is 16.1 Å². The van der Waals surface area contributed by atoms with Gasteiger partial charge in [0.15, 0.2) is 0 Å². The Balaban J connectivity index is 2.46. The Bertz CT molecular complexity index is 312. The van der Waals surface area contributed by atoms with Crippen molar-refractivity contribution in [1.82, 2.24) is 5.32 Å². The van der Waals surface area contributed by atoms with Crippen LogP contribution in [0.25, 0.3) is 0 Å². The molecule has 0 spiro atoms. The molecule has 0 saturated carbocycles. The molecular weight excluding hydrogens is 210 g/mol. The zero-order valence-electron chi connectivity index (χ0n) is 8.02. The van der Waals surface area contributed by atoms with E-state index in [1.807, 2.05) is 0 Å². The number of hydrogen-bond acceptors (Lipinski definition) is 6. The molecule has 82 valence electrons. The van der Waals surface area contributed by atoms with Crippen LogP contribution in [-0.4, -0.2) is 46.4 Å². The van der Waals surface area contributed by atoms with Crippen molar-refractivity contribution in [2.45, 2.75) is 18.6 Å². The lowest BCUT2D eigenvalue weighted by atomic mass is 10.2. The number of methoxy groups -OCH3 is 1. The second-order valence-electron chi connectivity index (χ2n) is 3.14. The van der Waals surface area contributed by atoms with Gasteiger partial charge in [-0.25, -0.2) is 0 Å². The summed E-state index contributed by atoms with van der Waals surface area (Å²) < 4.78 is 30.8. The Morgan fingerprint density at radius 3 is 2.64 bits per heavy atom. The second-order valence-corrected chi connectivity index (χ2v) is 4.74. The fraction of sp³-hybridized carbons (Fsp3) is 0.857. The van der Waals surface area contributed by atoms with Gasteiger partial charge < -0.3 is 10.1 Å². The summed E-state index contributed by atoms with van der Waals surface area (Å²) in [6, 6.07) is -0.466. The highest BCUT2D eigenvalue weighted by Crippen LogP contribution is 2.13. The monoisotopic (exact) mass is 223 g/mol. The van der Waals surface area contributed by atoms with Crippen LogP contribution < -0.4 is 5.32 Å². The summed E-state index contributed by atoms with van der Waals surface area (Å²) in [7, 11) is -2.17. The third-order valence-electron chi connectivity index (χ3n) is 1.89. The average molecular weight is 223 g/mol. The lowest BCUT2D eigenvalue weighted by molar-refractivity contribution is -0.142. The number of rotatable bonds is 3. The molecule has 0 aliphatic carbocycles. The van der Waals surface area contributed by atoms with Crippen LogP contribution >= 0.6 is 0 Å². The molecule has 1 aliphatic rings. The first-order valence-corrected chi connectivity index (χ1v) is 5.93. The fourth-order valence-corrected chi connectivity index (χ4v) is 1.99. The second kappa shape index (κ2) is 4.24. The van der Waals surface area contributed by atoms with Crippen molar-refractivity contribution < 1.29 is 22.1 Å². The van der Waals surface area contributed by atoms with Crippen LogP contribution in [0.1, 0.15) is 6.42 Å². The molecule has 0 aromatic rings. The summed E-state index contributed by atoms with van der Waals surface area (Å²) in [5.74, 6) is -0.399. The highest BCUT2D eigenvalue weighted by atomic mass is 32.2. The van der Waals surface area contributed by atoms with Crippen molar-refractivity contribution in [3.8, 4) is 0 Å². The lowest BCUT2D eigenvalue weighted by Gasteiger charge is -2.08. The number of ether oxygens (including phenoxy) is 1. The first-order chi connectivity index (χ1) is 6.42. The molecule has 7 heteroatoms. The van der Waals surface area contributed by atoms with Gasteiger partial charge in [0.25, 0.3) is 10.1 Å². The summed E-state index contributed by atoms with van der Waals surface area (Å²) in [6.07, 6.45) is 0.826. The van der Waals surface area contributed by atoms with E-state index in [9.17, 15) is 13.2 Å². The number of carbonyl (C=O) groups excluding carboxylic acids is 1. The molecule has 0 amide bonds. The van der Waals surface area contributed by atoms with E-state index in [4.69, 9.17) is 4.18 Å². The first kappa shape index (κ1) is 11.4. The summed E-state index contributed by atoms with van der Waals surface area (Å²) in [5.41, 5.74) is 0. The van der Waals surface area contributed by atoms with Crippen molar-refractivity contribution in [3.05, 3.63) is 0 Å². The Morgan fingerprint density at radius 1 is 1.50 bits per heavy atom. The fourth-order valence-electron chi connectivity index (χ4n) is 1.35. The maximum atomic E-state index is 11.0. The average Bonchev–Trinajstić information content (AvgIpc) is 2.48. The maximum absolute atomic E-state index is 11.0. The van der Waals surface area contributed by atoms with Crippen LogP contribution in [-0.2, 0) is 23.8 Å². The van der Waals surface area contributed by atoms with Crippen molar-refractivity contribution in [3.63, 3.8) is 0 Å². The van der Waals surface area contributed by atoms with Crippen LogP contribution in [0, 0.1) is 0 Å². The van der Waals surface area contributed by atoms with Crippen LogP contribution in [0.3, 0.4) is 0 Å². The molecule has 0 radical (unpaired) electrons. The van der Waals surface area contributed by atoms with Crippen molar-refractivity contribution in [2.75, 3.05) is 19.9 Å². The van der Waals surface area contributed by atoms with Gasteiger partial charge in [0.2, 0.25) is 0 Å². The molecule has 1 aliphatic heterocycles. The molecule has 1 heterocycles. The Hall–Kier alpha value is -0.660. The molecule has 2 atom stereocenters. The van der Waals surface area contributed by atoms with Gasteiger partial charge in [-0.3, -0.25) is 8.98 Å². The highest BCUT2D eigenvalue weighted by Gasteiger charge is 2.32. The third-order valence-corrected chi connectivity index (χ3v) is 2.51. The van der Waals surface area contributed by atoms with Crippen LogP contribution in [0.15, 0.2) is 0 Å². The highest BCUT2D eigenvalue weighted by molar-refractivity contribution is 7.86. The van der Waals surface area contributed by atoms with Gasteiger partial charge in [-0.2, -0.15) is 8.42 Å². The topological polar surface area (TPSA) is 81.7 Å². The molecular formula is C7H13NO5S. The summed E-state index contributed by atoms with van der Waals surface area (Å²) in [4.78, 5) is 11.0. The molecule has 1 saturated heterocycles. The Kier molecular flexibility index (Phi) is 3.46. The summed E-state index contributed by atoms with van der Waals surface area (Å²) in [5, 5.41) is 2.82. The van der Waals surface area contributed by atoms with Gasteiger partial charge in [0.05, 0.1) is 19.5 Å². The minimum absolute atomic E-state index is 0.319. The number of hydrogen-bond donors (Lipinski definition) is 1. The quantitative estimate of drug-likeness (QED) is 0.481. The first-order valence-electron chi connectivity index (χ1n) is 4.12. The minimum atomic E-state index is -3.46. The van der Waals surface area contributed by atoms with Crippen LogP contribution in [0.5, 0.6) is 0 Å². The van der Waals surface area contributed by atoms with Crippen LogP contribution in [0.2, 0.25) is 0 Å². The van der Waals surface area contributed by atoms with Gasteiger partial charge in [-0.15, -0.1) is 0 Å². The number of carbonyl (C=O) groups is 1. The van der Waals surface area contributed by atoms with E-state index in [2.05, 4.69) is 10.1 Å². The molecule has 1 N–H and O–H groups in total. The predicted molar refractivity (Wildman–Crippen MR) is 48.1 cm³/mol. The van der Waals surface area contributed by atoms with Crippen molar-refractivity contribution in [1.29, 1.82) is 0 Å². The standard InChI is InChI=1S/C7H13NO5S/c1-12-7(9)6-3-5(4-8-6)13-14(2,10)11/h5-6,8H,3-4H2,1-2H3/t5?,6-/m0/s1. The molecule has 14 heavy (non-hydrogen) atoms. The van der Waals surface area contributed by atoms with E-state index < -0.39 is 28.2 Å². The smallest absolute Gasteiger partial charge is 0.322 e. The molecule has 0 bridgehead atoms. The van der Waals surface area contributed by atoms with E-state index >= 15 is 0 Å². The van der Waals surface area contributed by atoms with E-state index in [0.717, 1.165) is 6.26 Å². The molecule has 0 aromatic heterocycles. The van der Waals surface area contributed by atoms with E-state index in [0.29, 0.717) is 13.0 Å². The molecule has 1 unspecified atom stereocenters. The zero-order valence-corrected chi connectivity index (χ0v) is 8.83. The lowest BCUT2D eigenvalue weighted by Crippen LogP contribution is -2.31. The zero-order chi connectivity index (χ0) is 10.8. The van der Waals surface area contributed by atoms with Crippen molar-refractivity contribution in [2.24, 2.45) is 0 Å². The van der Waals surface area contributed by atoms with Crippen LogP contribution in [0.4, 0.5) is 0 Å². The Morgan fingerprint density at radius 2 is 2.14 bits per heavy atom. The van der Waals surface area contributed by atoms with E-state index in [-0.39, 0.29) is 0 Å². The largest absolute Gasteiger partial charge is 0.468 e. The molecule has 6 nitrogen and oxygen atoms in total. The van der Waals surface area contributed by atoms with Gasteiger partial charge in [-0.05, 0) is 0 Å². The number of esters is 1. The molecule has 1 fully saturated rings. The molecule has 0 aromatic carbocycles. The molecule has 1 rings (SSSR count). The van der Waals surface area contributed by atoms with Gasteiger partial charge in [0, 0.05) is 13.0 Å². The minimum Gasteiger partial charge on any atom is -0.468 e. The predicted octanol–water partition coefficient (Wildman–Crippen LogP) is -1.13. The van der Waals surface area contributed by atoms with Gasteiger partial charge in [-0.1, -0.05) is 0 Å². The van der Waals surface area contributed by atoms with E-state index in [1.54, 1.807) is 0 Å². The van der Waals surface area contributed by atoms with Gasteiger partial charge in [0.1, 0.15) is 6.04 Å².